The Kier molecular flexibility index (Phi) is 3.90. The first-order valence-electron chi connectivity index (χ1n) is 10.0. The number of allylic oxidation sites excluding steroid dienone is 6. The van der Waals surface area contributed by atoms with Crippen molar-refractivity contribution in [3.05, 3.63) is 33.4 Å². The molecule has 0 aromatic rings. The number of rotatable bonds is 1. The lowest BCUT2D eigenvalue weighted by atomic mass is 9.54. The van der Waals surface area contributed by atoms with Crippen molar-refractivity contribution in [2.24, 2.45) is 17.3 Å². The summed E-state index contributed by atoms with van der Waals surface area (Å²) in [6, 6.07) is 0. The Hall–Kier alpha value is -1.11. The van der Waals surface area contributed by atoms with Crippen molar-refractivity contribution in [3.63, 3.8) is 0 Å². The maximum Gasteiger partial charge on any atom is 0.163 e. The van der Waals surface area contributed by atoms with E-state index in [0.29, 0.717) is 5.78 Å². The molecule has 0 aromatic carbocycles. The SMILES string of the molecule is CC1=C(C)CC2=C(C1)C(=O)C1CC(C)=C(C)CC21C1CCCCC1. The van der Waals surface area contributed by atoms with Crippen LogP contribution < -0.4 is 0 Å². The highest BCUT2D eigenvalue weighted by molar-refractivity contribution is 6.03. The van der Waals surface area contributed by atoms with Gasteiger partial charge < -0.3 is 0 Å². The van der Waals surface area contributed by atoms with Crippen molar-refractivity contribution in [2.75, 3.05) is 0 Å². The largest absolute Gasteiger partial charge is 0.294 e. The van der Waals surface area contributed by atoms with Crippen LogP contribution in [0.15, 0.2) is 33.4 Å². The summed E-state index contributed by atoms with van der Waals surface area (Å²) in [5.41, 5.74) is 9.03. The van der Waals surface area contributed by atoms with E-state index in [1.807, 2.05) is 0 Å². The lowest BCUT2D eigenvalue weighted by molar-refractivity contribution is -0.122. The van der Waals surface area contributed by atoms with Gasteiger partial charge in [0, 0.05) is 11.3 Å². The molecule has 0 aromatic heterocycles. The van der Waals surface area contributed by atoms with Crippen LogP contribution in [-0.2, 0) is 4.79 Å². The molecular formula is C23H32O. The van der Waals surface area contributed by atoms with E-state index in [1.165, 1.54) is 54.4 Å². The molecule has 0 radical (unpaired) electrons. The Labute approximate surface area is 147 Å². The third kappa shape index (κ3) is 2.16. The van der Waals surface area contributed by atoms with E-state index in [2.05, 4.69) is 27.7 Å². The van der Waals surface area contributed by atoms with Gasteiger partial charge >= 0.3 is 0 Å². The van der Waals surface area contributed by atoms with Crippen LogP contribution in [0.5, 0.6) is 0 Å². The molecular weight excluding hydrogens is 292 g/mol. The third-order valence-corrected chi connectivity index (χ3v) is 7.90. The zero-order valence-electron chi connectivity index (χ0n) is 15.9. The maximum absolute atomic E-state index is 13.4. The molecule has 0 aliphatic heterocycles. The first-order chi connectivity index (χ1) is 11.4. The van der Waals surface area contributed by atoms with Crippen LogP contribution in [0.25, 0.3) is 0 Å². The van der Waals surface area contributed by atoms with E-state index in [9.17, 15) is 4.79 Å². The topological polar surface area (TPSA) is 17.1 Å². The minimum Gasteiger partial charge on any atom is -0.294 e. The predicted octanol–water partition coefficient (Wildman–Crippen LogP) is 6.31. The summed E-state index contributed by atoms with van der Waals surface area (Å²) in [5.74, 6) is 1.52. The number of hydrogen-bond acceptors (Lipinski definition) is 1. The molecule has 0 heterocycles. The van der Waals surface area contributed by atoms with E-state index in [4.69, 9.17) is 0 Å². The van der Waals surface area contributed by atoms with E-state index in [1.54, 1.807) is 11.1 Å². The molecule has 1 nitrogen and oxygen atoms in total. The van der Waals surface area contributed by atoms with Crippen molar-refractivity contribution in [1.82, 2.24) is 0 Å². The summed E-state index contributed by atoms with van der Waals surface area (Å²) in [6.07, 6.45) is 11.0. The van der Waals surface area contributed by atoms with Crippen LogP contribution in [0.3, 0.4) is 0 Å². The van der Waals surface area contributed by atoms with Gasteiger partial charge in [-0.05, 0) is 77.7 Å². The number of ketones is 1. The van der Waals surface area contributed by atoms with Crippen LogP contribution in [-0.4, -0.2) is 5.78 Å². The first kappa shape index (κ1) is 16.4. The molecule has 4 rings (SSSR count). The molecule has 0 bridgehead atoms. The average Bonchev–Trinajstić information content (AvgIpc) is 2.80. The Morgan fingerprint density at radius 3 is 2.21 bits per heavy atom. The van der Waals surface area contributed by atoms with Crippen LogP contribution in [0, 0.1) is 17.3 Å². The molecule has 4 aliphatic carbocycles. The second-order valence-corrected chi connectivity index (χ2v) is 9.11. The Balaban J connectivity index is 1.84. The standard InChI is InChI=1S/C23H32O/c1-14-10-19-20(11-15(14)2)23(18-8-6-5-7-9-18)13-17(4)16(3)12-21(23)22(19)24/h18,21H,5-13H2,1-4H3. The fourth-order valence-electron chi connectivity index (χ4n) is 6.25. The number of carbonyl (C=O) groups is 1. The summed E-state index contributed by atoms with van der Waals surface area (Å²) in [4.78, 5) is 13.4. The van der Waals surface area contributed by atoms with Gasteiger partial charge in [-0.1, -0.05) is 47.1 Å². The van der Waals surface area contributed by atoms with Gasteiger partial charge in [-0.25, -0.2) is 0 Å². The summed E-state index contributed by atoms with van der Waals surface area (Å²) in [5, 5.41) is 0. The molecule has 1 fully saturated rings. The summed E-state index contributed by atoms with van der Waals surface area (Å²) >= 11 is 0. The number of Topliss-reactive ketones (excluding diaryl/α,β-unsaturated/α-hetero) is 1. The predicted molar refractivity (Wildman–Crippen MR) is 99.7 cm³/mol. The van der Waals surface area contributed by atoms with Crippen molar-refractivity contribution in [2.45, 2.75) is 85.5 Å². The minimum absolute atomic E-state index is 0.179. The maximum atomic E-state index is 13.4. The Morgan fingerprint density at radius 1 is 0.833 bits per heavy atom. The van der Waals surface area contributed by atoms with E-state index >= 15 is 0 Å². The summed E-state index contributed by atoms with van der Waals surface area (Å²) in [7, 11) is 0. The molecule has 1 heteroatoms. The van der Waals surface area contributed by atoms with Gasteiger partial charge in [0.1, 0.15) is 0 Å². The molecule has 24 heavy (non-hydrogen) atoms. The smallest absolute Gasteiger partial charge is 0.163 e. The van der Waals surface area contributed by atoms with Crippen molar-refractivity contribution >= 4 is 5.78 Å². The molecule has 0 amide bonds. The number of carbonyl (C=O) groups excluding carboxylic acids is 1. The van der Waals surface area contributed by atoms with Gasteiger partial charge in [0.05, 0.1) is 0 Å². The highest BCUT2D eigenvalue weighted by Gasteiger charge is 2.58. The molecule has 2 unspecified atom stereocenters. The number of hydrogen-bond donors (Lipinski definition) is 0. The lowest BCUT2D eigenvalue weighted by Gasteiger charge is -2.49. The van der Waals surface area contributed by atoms with Gasteiger partial charge in [0.25, 0.3) is 0 Å². The van der Waals surface area contributed by atoms with Crippen molar-refractivity contribution in [1.29, 1.82) is 0 Å². The molecule has 0 saturated heterocycles. The first-order valence-corrected chi connectivity index (χ1v) is 10.0. The zero-order valence-corrected chi connectivity index (χ0v) is 15.9. The quantitative estimate of drug-likeness (QED) is 0.517. The van der Waals surface area contributed by atoms with Crippen molar-refractivity contribution < 1.29 is 4.79 Å². The Morgan fingerprint density at radius 2 is 1.50 bits per heavy atom. The molecule has 2 atom stereocenters. The zero-order chi connectivity index (χ0) is 17.1. The summed E-state index contributed by atoms with van der Waals surface area (Å²) in [6.45, 7) is 9.12. The highest BCUT2D eigenvalue weighted by Crippen LogP contribution is 2.64. The van der Waals surface area contributed by atoms with E-state index < -0.39 is 0 Å². The fourth-order valence-corrected chi connectivity index (χ4v) is 6.25. The lowest BCUT2D eigenvalue weighted by Crippen LogP contribution is -2.42. The second kappa shape index (κ2) is 5.71. The summed E-state index contributed by atoms with van der Waals surface area (Å²) < 4.78 is 0. The average molecular weight is 325 g/mol. The Bertz CT molecular complexity index is 681. The highest BCUT2D eigenvalue weighted by atomic mass is 16.1. The van der Waals surface area contributed by atoms with Gasteiger partial charge in [-0.3, -0.25) is 4.79 Å². The van der Waals surface area contributed by atoms with Gasteiger partial charge in [0.2, 0.25) is 0 Å². The van der Waals surface area contributed by atoms with E-state index in [0.717, 1.165) is 31.6 Å². The third-order valence-electron chi connectivity index (χ3n) is 7.90. The van der Waals surface area contributed by atoms with Crippen LogP contribution in [0.2, 0.25) is 0 Å². The van der Waals surface area contributed by atoms with Gasteiger partial charge in [-0.15, -0.1) is 0 Å². The fraction of sp³-hybridized carbons (Fsp3) is 0.696. The minimum atomic E-state index is 0.179. The number of fused-ring (bicyclic) bond motifs is 2. The molecule has 0 spiro atoms. The molecule has 1 saturated carbocycles. The monoisotopic (exact) mass is 324 g/mol. The van der Waals surface area contributed by atoms with Crippen LogP contribution >= 0.6 is 0 Å². The van der Waals surface area contributed by atoms with Crippen LogP contribution in [0.4, 0.5) is 0 Å². The molecule has 4 aliphatic rings. The molecule has 130 valence electrons. The normalized spacial score (nSPS) is 34.8. The van der Waals surface area contributed by atoms with Gasteiger partial charge in [-0.2, -0.15) is 0 Å². The van der Waals surface area contributed by atoms with Gasteiger partial charge in [0.15, 0.2) is 5.78 Å². The van der Waals surface area contributed by atoms with Crippen LogP contribution in [0.1, 0.15) is 85.5 Å². The second-order valence-electron chi connectivity index (χ2n) is 9.11. The molecule has 0 N–H and O–H groups in total. The van der Waals surface area contributed by atoms with Crippen molar-refractivity contribution in [3.8, 4) is 0 Å². The van der Waals surface area contributed by atoms with E-state index in [-0.39, 0.29) is 11.3 Å².